The maximum Gasteiger partial charge on any atom is 0.118 e. The highest BCUT2D eigenvalue weighted by Crippen LogP contribution is 2.34. The molecule has 4 nitrogen and oxygen atoms in total. The monoisotopic (exact) mass is 714 g/mol. The Morgan fingerprint density at radius 1 is 0.395 bits per heavy atom. The van der Waals surface area contributed by atoms with Crippen molar-refractivity contribution in [2.75, 3.05) is 11.5 Å². The molecular formula is C24H16Cl10N2O2. The molecule has 0 aliphatic heterocycles. The Hall–Kier alpha value is -1.02. The van der Waals surface area contributed by atoms with Crippen LogP contribution in [-0.2, 0) is 0 Å². The van der Waals surface area contributed by atoms with Gasteiger partial charge >= 0.3 is 0 Å². The molecule has 14 heteroatoms. The molecule has 0 bridgehead atoms. The molecule has 204 valence electrons. The second-order valence-corrected chi connectivity index (χ2v) is 10.9. The van der Waals surface area contributed by atoms with Crippen LogP contribution in [0.1, 0.15) is 0 Å². The summed E-state index contributed by atoms with van der Waals surface area (Å²) in [6.07, 6.45) is 0. The Balaban J connectivity index is 0.000000254. The minimum Gasteiger partial charge on any atom is -0.508 e. The van der Waals surface area contributed by atoms with E-state index in [1.807, 2.05) is 0 Å². The van der Waals surface area contributed by atoms with Crippen LogP contribution in [0, 0.1) is 0 Å². The second-order valence-electron chi connectivity index (χ2n) is 6.78. The third-order valence-electron chi connectivity index (χ3n) is 3.85. The van der Waals surface area contributed by atoms with Crippen molar-refractivity contribution < 1.29 is 10.2 Å². The zero-order chi connectivity index (χ0) is 29.2. The van der Waals surface area contributed by atoms with E-state index in [0.29, 0.717) is 31.5 Å². The minimum absolute atomic E-state index is 0.0133. The number of hydrogen-bond donors (Lipinski definition) is 4. The van der Waals surface area contributed by atoms with Gasteiger partial charge < -0.3 is 21.7 Å². The predicted octanol–water partition coefficient (Wildman–Crippen LogP) is 11.9. The zero-order valence-electron chi connectivity index (χ0n) is 18.6. The average molecular weight is 719 g/mol. The van der Waals surface area contributed by atoms with Gasteiger partial charge in [0.25, 0.3) is 0 Å². The van der Waals surface area contributed by atoms with Crippen LogP contribution in [0.25, 0.3) is 0 Å². The Kier molecular flexibility index (Phi) is 15.6. The number of nitrogens with two attached hydrogens (primary N) is 2. The third-order valence-corrected chi connectivity index (χ3v) is 7.41. The van der Waals surface area contributed by atoms with E-state index in [9.17, 15) is 0 Å². The van der Waals surface area contributed by atoms with Crippen LogP contribution < -0.4 is 11.5 Å². The van der Waals surface area contributed by atoms with Crippen LogP contribution in [0.3, 0.4) is 0 Å². The first-order valence-corrected chi connectivity index (χ1v) is 13.5. The predicted molar refractivity (Wildman–Crippen MR) is 168 cm³/mol. The molecule has 0 aliphatic carbocycles. The van der Waals surface area contributed by atoms with E-state index in [4.69, 9.17) is 138 Å². The molecule has 4 aromatic carbocycles. The van der Waals surface area contributed by atoms with E-state index in [-0.39, 0.29) is 41.6 Å². The molecule has 0 atom stereocenters. The summed E-state index contributed by atoms with van der Waals surface area (Å²) in [4.78, 5) is 0. The highest BCUT2D eigenvalue weighted by molar-refractivity contribution is 6.48. The summed E-state index contributed by atoms with van der Waals surface area (Å²) >= 11 is 55.7. The topological polar surface area (TPSA) is 92.5 Å². The SMILES string of the molecule is Nc1cc(Cl)ccc1Cl.Nc1cc(Cl)ccc1Cl.Oc1cc(Cl)c(Cl)c(Cl)c1.Oc1cc(Cl)c(Cl)c(Cl)c1. The number of phenols is 2. The number of nitrogen functional groups attached to an aromatic ring is 2. The van der Waals surface area contributed by atoms with Crippen molar-refractivity contribution in [2.24, 2.45) is 0 Å². The van der Waals surface area contributed by atoms with Crippen LogP contribution >= 0.6 is 116 Å². The van der Waals surface area contributed by atoms with Gasteiger partial charge in [0.05, 0.1) is 51.6 Å². The van der Waals surface area contributed by atoms with Crippen molar-refractivity contribution in [3.05, 3.63) is 111 Å². The zero-order valence-corrected chi connectivity index (χ0v) is 26.2. The molecule has 0 spiro atoms. The highest BCUT2D eigenvalue weighted by atomic mass is 35.5. The van der Waals surface area contributed by atoms with Crippen molar-refractivity contribution in [2.45, 2.75) is 0 Å². The van der Waals surface area contributed by atoms with Gasteiger partial charge in [-0.25, -0.2) is 0 Å². The van der Waals surface area contributed by atoms with Gasteiger partial charge in [-0.1, -0.05) is 116 Å². The summed E-state index contributed by atoms with van der Waals surface area (Å²) < 4.78 is 0. The lowest BCUT2D eigenvalue weighted by molar-refractivity contribution is 0.475. The molecule has 0 heterocycles. The molecule has 38 heavy (non-hydrogen) atoms. The Labute approximate surface area is 269 Å². The van der Waals surface area contributed by atoms with Gasteiger partial charge in [-0.15, -0.1) is 0 Å². The molecular weight excluding hydrogens is 703 g/mol. The molecule has 0 amide bonds. The number of anilines is 2. The van der Waals surface area contributed by atoms with E-state index in [1.54, 1.807) is 36.4 Å². The van der Waals surface area contributed by atoms with E-state index in [1.165, 1.54) is 24.3 Å². The maximum absolute atomic E-state index is 8.89. The first kappa shape index (κ1) is 35.0. The molecule has 6 N–H and O–H groups in total. The van der Waals surface area contributed by atoms with E-state index >= 15 is 0 Å². The Morgan fingerprint density at radius 3 is 0.868 bits per heavy atom. The van der Waals surface area contributed by atoms with Gasteiger partial charge in [0, 0.05) is 34.3 Å². The standard InChI is InChI=1S/2C6H3Cl3O.2C6H5Cl2N/c2*7-4-1-3(10)2-5(8)6(4)9;2*7-4-1-2-5(8)6(9)3-4/h2*1-2,10H;2*1-3H,9H2. The lowest BCUT2D eigenvalue weighted by Crippen LogP contribution is -1.84. The number of halogens is 10. The lowest BCUT2D eigenvalue weighted by atomic mass is 10.3. The molecule has 0 saturated carbocycles. The van der Waals surface area contributed by atoms with E-state index < -0.39 is 0 Å². The molecule has 0 aliphatic rings. The van der Waals surface area contributed by atoms with Crippen molar-refractivity contribution >= 4 is 127 Å². The van der Waals surface area contributed by atoms with Crippen molar-refractivity contribution in [1.29, 1.82) is 0 Å². The third kappa shape index (κ3) is 12.4. The fourth-order valence-corrected chi connectivity index (χ4v) is 3.88. The molecule has 0 saturated heterocycles. The summed E-state index contributed by atoms with van der Waals surface area (Å²) in [5, 5.41) is 21.6. The normalized spacial score (nSPS) is 9.74. The Morgan fingerprint density at radius 2 is 0.658 bits per heavy atom. The number of hydrogen-bond acceptors (Lipinski definition) is 4. The van der Waals surface area contributed by atoms with E-state index in [0.717, 1.165) is 0 Å². The molecule has 0 radical (unpaired) electrons. The van der Waals surface area contributed by atoms with E-state index in [2.05, 4.69) is 0 Å². The number of benzene rings is 4. The second kappa shape index (κ2) is 16.9. The molecule has 4 rings (SSSR count). The smallest absolute Gasteiger partial charge is 0.118 e. The lowest BCUT2D eigenvalue weighted by Gasteiger charge is -1.98. The van der Waals surface area contributed by atoms with Crippen molar-refractivity contribution in [1.82, 2.24) is 0 Å². The highest BCUT2D eigenvalue weighted by Gasteiger charge is 2.04. The first-order valence-electron chi connectivity index (χ1n) is 9.70. The minimum atomic E-state index is 0.0133. The maximum atomic E-state index is 8.89. The van der Waals surface area contributed by atoms with Gasteiger partial charge in [0.1, 0.15) is 11.5 Å². The fraction of sp³-hybridized carbons (Fsp3) is 0. The van der Waals surface area contributed by atoms with Gasteiger partial charge in [0.2, 0.25) is 0 Å². The quantitative estimate of drug-likeness (QED) is 0.108. The average Bonchev–Trinajstić information content (AvgIpc) is 2.82. The van der Waals surface area contributed by atoms with Crippen molar-refractivity contribution in [3.8, 4) is 11.5 Å². The van der Waals surface area contributed by atoms with Crippen LogP contribution in [0.5, 0.6) is 11.5 Å². The van der Waals surface area contributed by atoms with Crippen molar-refractivity contribution in [3.63, 3.8) is 0 Å². The number of phenolic OH excluding ortho intramolecular Hbond substituents is 2. The summed E-state index contributed by atoms with van der Waals surface area (Å²) in [6, 6.07) is 15.3. The van der Waals surface area contributed by atoms with Gasteiger partial charge in [0.15, 0.2) is 0 Å². The van der Waals surface area contributed by atoms with Gasteiger partial charge in [-0.3, -0.25) is 0 Å². The summed E-state index contributed by atoms with van der Waals surface area (Å²) in [5.74, 6) is 0.0267. The number of rotatable bonds is 0. The van der Waals surface area contributed by atoms with Crippen LogP contribution in [0.15, 0.2) is 60.7 Å². The number of aromatic hydroxyl groups is 2. The molecule has 4 aromatic rings. The van der Waals surface area contributed by atoms with Crippen LogP contribution in [0.4, 0.5) is 11.4 Å². The Bertz CT molecular complexity index is 1240. The first-order chi connectivity index (χ1) is 17.6. The fourth-order valence-electron chi connectivity index (χ4n) is 2.11. The van der Waals surface area contributed by atoms with Crippen LogP contribution in [0.2, 0.25) is 50.2 Å². The van der Waals surface area contributed by atoms with Crippen LogP contribution in [-0.4, -0.2) is 10.2 Å². The molecule has 0 aromatic heterocycles. The largest absolute Gasteiger partial charge is 0.508 e. The van der Waals surface area contributed by atoms with Gasteiger partial charge in [-0.05, 0) is 36.4 Å². The summed E-state index contributed by atoms with van der Waals surface area (Å²) in [6.45, 7) is 0. The summed E-state index contributed by atoms with van der Waals surface area (Å²) in [5.41, 5.74) is 11.8. The summed E-state index contributed by atoms with van der Waals surface area (Å²) in [7, 11) is 0. The van der Waals surface area contributed by atoms with Gasteiger partial charge in [-0.2, -0.15) is 0 Å². The molecule has 0 fully saturated rings. The molecule has 0 unspecified atom stereocenters.